The van der Waals surface area contributed by atoms with E-state index in [4.69, 9.17) is 5.73 Å². The first-order valence-corrected chi connectivity index (χ1v) is 4.43. The molecule has 1 aromatic heterocycles. The third-order valence-corrected chi connectivity index (χ3v) is 3.93. The minimum absolute atomic E-state index is 0.613. The molecule has 9 heavy (non-hydrogen) atoms. The lowest BCUT2D eigenvalue weighted by molar-refractivity contribution is 1.30. The zero-order valence-corrected chi connectivity index (χ0v) is 8.75. The van der Waals surface area contributed by atoms with Gasteiger partial charge in [-0.05, 0) is 51.2 Å². The second-order valence-corrected chi connectivity index (χ2v) is 3.73. The summed E-state index contributed by atoms with van der Waals surface area (Å²) in [6.45, 7) is 0. The lowest BCUT2D eigenvalue weighted by Gasteiger charge is -1.96. The van der Waals surface area contributed by atoms with Gasteiger partial charge in [0.25, 0.3) is 0 Å². The van der Waals surface area contributed by atoms with Crippen LogP contribution in [0.3, 0.4) is 0 Å². The van der Waals surface area contributed by atoms with E-state index in [9.17, 15) is 0 Å². The van der Waals surface area contributed by atoms with E-state index in [2.05, 4.69) is 50.2 Å². The summed E-state index contributed by atoms with van der Waals surface area (Å²) in [6.07, 6.45) is 1.71. The van der Waals surface area contributed by atoms with Crippen molar-refractivity contribution in [3.63, 3.8) is 0 Å². The van der Waals surface area contributed by atoms with E-state index in [1.165, 1.54) is 0 Å². The first kappa shape index (κ1) is 7.52. The maximum Gasteiger partial charge on any atom is 0.137 e. The Morgan fingerprint density at radius 3 is 2.56 bits per heavy atom. The molecule has 2 N–H and O–H groups in total. The first-order valence-electron chi connectivity index (χ1n) is 2.27. The number of nitrogen functional groups attached to an aromatic ring is 1. The molecule has 0 aliphatic heterocycles. The molecule has 4 heteroatoms. The number of halogens is 2. The van der Waals surface area contributed by atoms with Crippen LogP contribution in [0.15, 0.2) is 12.3 Å². The average Bonchev–Trinajstić information content (AvgIpc) is 1.83. The van der Waals surface area contributed by atoms with Gasteiger partial charge in [-0.15, -0.1) is 0 Å². The van der Waals surface area contributed by atoms with Crippen molar-refractivity contribution >= 4 is 51.0 Å². The fraction of sp³-hybridized carbons (Fsp3) is 0. The molecule has 1 aromatic rings. The van der Waals surface area contributed by atoms with Gasteiger partial charge in [0.15, 0.2) is 0 Å². The van der Waals surface area contributed by atoms with Crippen molar-refractivity contribution in [2.24, 2.45) is 0 Å². The van der Waals surface area contributed by atoms with Crippen LogP contribution in [0.1, 0.15) is 0 Å². The summed E-state index contributed by atoms with van der Waals surface area (Å²) in [7, 11) is 0. The Bertz CT molecular complexity index is 204. The van der Waals surface area contributed by atoms with Gasteiger partial charge in [-0.2, -0.15) is 0 Å². The minimum atomic E-state index is 0.613. The van der Waals surface area contributed by atoms with E-state index < -0.39 is 0 Å². The van der Waals surface area contributed by atoms with Crippen molar-refractivity contribution in [3.8, 4) is 0 Å². The number of hydrogen-bond donors (Lipinski definition) is 1. The zero-order chi connectivity index (χ0) is 6.85. The molecular formula is C5H4I2N2. The molecule has 48 valence electrons. The van der Waals surface area contributed by atoms with Gasteiger partial charge in [0, 0.05) is 9.77 Å². The predicted octanol–water partition coefficient (Wildman–Crippen LogP) is 1.87. The zero-order valence-electron chi connectivity index (χ0n) is 4.44. The van der Waals surface area contributed by atoms with E-state index in [-0.39, 0.29) is 0 Å². The van der Waals surface area contributed by atoms with E-state index in [0.29, 0.717) is 5.82 Å². The highest BCUT2D eigenvalue weighted by Gasteiger charge is 1.97. The molecule has 2 nitrogen and oxygen atoms in total. The summed E-state index contributed by atoms with van der Waals surface area (Å²) in [5, 5.41) is 0. The van der Waals surface area contributed by atoms with Crippen LogP contribution in [-0.4, -0.2) is 4.98 Å². The number of rotatable bonds is 0. The molecule has 0 aliphatic rings. The second-order valence-electron chi connectivity index (χ2n) is 1.49. The van der Waals surface area contributed by atoms with E-state index in [1.807, 2.05) is 6.07 Å². The van der Waals surface area contributed by atoms with Gasteiger partial charge in [-0.1, -0.05) is 0 Å². The number of aromatic nitrogens is 1. The molecule has 0 amide bonds. The van der Waals surface area contributed by atoms with Crippen LogP contribution in [0.4, 0.5) is 5.82 Å². The minimum Gasteiger partial charge on any atom is -0.383 e. The van der Waals surface area contributed by atoms with Crippen molar-refractivity contribution in [1.82, 2.24) is 4.98 Å². The number of hydrogen-bond acceptors (Lipinski definition) is 2. The number of nitrogens with two attached hydrogens (primary N) is 1. The Morgan fingerprint density at radius 1 is 1.44 bits per heavy atom. The molecule has 0 aliphatic carbocycles. The molecule has 1 rings (SSSR count). The Balaban J connectivity index is 3.25. The normalized spacial score (nSPS) is 9.56. The maximum atomic E-state index is 5.50. The molecule has 0 bridgehead atoms. The molecule has 0 fully saturated rings. The van der Waals surface area contributed by atoms with E-state index in [1.54, 1.807) is 6.20 Å². The SMILES string of the molecule is Nc1nccc(I)c1I. The average molecular weight is 346 g/mol. The maximum absolute atomic E-state index is 5.50. The number of anilines is 1. The molecule has 0 aromatic carbocycles. The standard InChI is InChI=1S/C5H4I2N2/c6-3-1-2-9-5(8)4(3)7/h1-2H,(H2,8,9). The van der Waals surface area contributed by atoms with Crippen molar-refractivity contribution in [1.29, 1.82) is 0 Å². The lowest BCUT2D eigenvalue weighted by Crippen LogP contribution is -1.94. The van der Waals surface area contributed by atoms with Gasteiger partial charge < -0.3 is 5.73 Å². The van der Waals surface area contributed by atoms with Crippen molar-refractivity contribution in [2.45, 2.75) is 0 Å². The summed E-state index contributed by atoms with van der Waals surface area (Å²) in [4.78, 5) is 3.91. The van der Waals surface area contributed by atoms with Crippen LogP contribution in [0.25, 0.3) is 0 Å². The number of pyridine rings is 1. The van der Waals surface area contributed by atoms with Crippen LogP contribution in [0, 0.1) is 7.14 Å². The van der Waals surface area contributed by atoms with Gasteiger partial charge in [-0.25, -0.2) is 4.98 Å². The van der Waals surface area contributed by atoms with Crippen molar-refractivity contribution < 1.29 is 0 Å². The predicted molar refractivity (Wildman–Crippen MR) is 54.1 cm³/mol. The summed E-state index contributed by atoms with van der Waals surface area (Å²) in [5.41, 5.74) is 5.50. The largest absolute Gasteiger partial charge is 0.383 e. The van der Waals surface area contributed by atoms with Gasteiger partial charge in [0.2, 0.25) is 0 Å². The topological polar surface area (TPSA) is 38.9 Å². The molecule has 0 saturated carbocycles. The van der Waals surface area contributed by atoms with Crippen LogP contribution in [-0.2, 0) is 0 Å². The van der Waals surface area contributed by atoms with Gasteiger partial charge in [-0.3, -0.25) is 0 Å². The Morgan fingerprint density at radius 2 is 2.11 bits per heavy atom. The Labute approximate surface area is 80.5 Å². The van der Waals surface area contributed by atoms with Crippen molar-refractivity contribution in [2.75, 3.05) is 5.73 Å². The van der Waals surface area contributed by atoms with Gasteiger partial charge in [0.05, 0.1) is 3.57 Å². The molecular weight excluding hydrogens is 342 g/mol. The second kappa shape index (κ2) is 3.00. The Hall–Kier alpha value is 0.410. The summed E-state index contributed by atoms with van der Waals surface area (Å²) < 4.78 is 2.19. The van der Waals surface area contributed by atoms with Crippen LogP contribution in [0.5, 0.6) is 0 Å². The van der Waals surface area contributed by atoms with Crippen LogP contribution < -0.4 is 5.73 Å². The summed E-state index contributed by atoms with van der Waals surface area (Å²) in [6, 6.07) is 1.93. The molecule has 0 saturated heterocycles. The van der Waals surface area contributed by atoms with E-state index in [0.717, 1.165) is 7.14 Å². The van der Waals surface area contributed by atoms with Gasteiger partial charge in [0.1, 0.15) is 5.82 Å². The summed E-state index contributed by atoms with van der Waals surface area (Å²) >= 11 is 4.40. The fourth-order valence-electron chi connectivity index (χ4n) is 0.435. The smallest absolute Gasteiger partial charge is 0.137 e. The third kappa shape index (κ3) is 1.66. The van der Waals surface area contributed by atoms with Crippen LogP contribution in [0.2, 0.25) is 0 Å². The first-order chi connectivity index (χ1) is 4.22. The quantitative estimate of drug-likeness (QED) is 0.729. The highest BCUT2D eigenvalue weighted by atomic mass is 127. The lowest BCUT2D eigenvalue weighted by atomic mass is 10.5. The molecule has 0 unspecified atom stereocenters. The fourth-order valence-corrected chi connectivity index (χ4v) is 1.19. The summed E-state index contributed by atoms with van der Waals surface area (Å²) in [5.74, 6) is 0.613. The van der Waals surface area contributed by atoms with E-state index >= 15 is 0 Å². The highest BCUT2D eigenvalue weighted by molar-refractivity contribution is 14.1. The highest BCUT2D eigenvalue weighted by Crippen LogP contribution is 2.17. The Kier molecular flexibility index (Phi) is 2.50. The molecule has 0 spiro atoms. The van der Waals surface area contributed by atoms with Gasteiger partial charge >= 0.3 is 0 Å². The molecule has 0 radical (unpaired) electrons. The molecule has 0 atom stereocenters. The van der Waals surface area contributed by atoms with Crippen molar-refractivity contribution in [3.05, 3.63) is 19.4 Å². The third-order valence-electron chi connectivity index (χ3n) is 0.869. The number of nitrogens with zero attached hydrogens (tertiary/aromatic N) is 1. The monoisotopic (exact) mass is 346 g/mol. The molecule has 1 heterocycles. The van der Waals surface area contributed by atoms with Crippen LogP contribution >= 0.6 is 45.2 Å².